The minimum absolute atomic E-state index is 0.0905. The number of carbonyl (C=O) groups is 1. The van der Waals surface area contributed by atoms with Gasteiger partial charge in [0.25, 0.3) is 0 Å². The molecule has 0 aliphatic carbocycles. The van der Waals surface area contributed by atoms with Crippen LogP contribution < -0.4 is 11.1 Å². The molecule has 0 bridgehead atoms. The van der Waals surface area contributed by atoms with Crippen LogP contribution in [0.25, 0.3) is 0 Å². The third-order valence-electron chi connectivity index (χ3n) is 3.71. The van der Waals surface area contributed by atoms with E-state index in [1.54, 1.807) is 0 Å². The van der Waals surface area contributed by atoms with E-state index in [0.29, 0.717) is 13.0 Å². The van der Waals surface area contributed by atoms with Crippen LogP contribution in [0.5, 0.6) is 0 Å². The van der Waals surface area contributed by atoms with Gasteiger partial charge in [-0.3, -0.25) is 4.79 Å². The third kappa shape index (κ3) is 5.03. The lowest BCUT2D eigenvalue weighted by atomic mass is 9.97. The summed E-state index contributed by atoms with van der Waals surface area (Å²) >= 11 is 0. The summed E-state index contributed by atoms with van der Waals surface area (Å²) in [6, 6.07) is 4.40. The van der Waals surface area contributed by atoms with E-state index in [-0.39, 0.29) is 11.9 Å². The van der Waals surface area contributed by atoms with Crippen LogP contribution in [0.3, 0.4) is 0 Å². The van der Waals surface area contributed by atoms with Crippen LogP contribution in [0.2, 0.25) is 0 Å². The topological polar surface area (TPSA) is 55.1 Å². The molecule has 0 aromatic heterocycles. The molecule has 19 heavy (non-hydrogen) atoms. The molecule has 0 aliphatic rings. The van der Waals surface area contributed by atoms with Gasteiger partial charge in [0.1, 0.15) is 0 Å². The summed E-state index contributed by atoms with van der Waals surface area (Å²) in [6.45, 7) is 9.04. The zero-order valence-electron chi connectivity index (χ0n) is 12.5. The highest BCUT2D eigenvalue weighted by atomic mass is 16.1. The van der Waals surface area contributed by atoms with Crippen LogP contribution >= 0.6 is 0 Å². The second-order valence-corrected chi connectivity index (χ2v) is 5.41. The Bertz CT molecular complexity index is 439. The molecule has 1 rings (SSSR count). The lowest BCUT2D eigenvalue weighted by Gasteiger charge is -2.12. The highest BCUT2D eigenvalue weighted by Crippen LogP contribution is 2.17. The van der Waals surface area contributed by atoms with E-state index >= 15 is 0 Å². The summed E-state index contributed by atoms with van der Waals surface area (Å²) in [5.41, 5.74) is 11.0. The van der Waals surface area contributed by atoms with Crippen molar-refractivity contribution in [2.75, 3.05) is 6.54 Å². The monoisotopic (exact) mass is 262 g/mol. The second kappa shape index (κ2) is 7.29. The van der Waals surface area contributed by atoms with E-state index in [9.17, 15) is 4.79 Å². The van der Waals surface area contributed by atoms with Gasteiger partial charge in [0.2, 0.25) is 5.91 Å². The van der Waals surface area contributed by atoms with Crippen LogP contribution in [-0.4, -0.2) is 18.5 Å². The molecule has 1 aromatic carbocycles. The number of nitrogens with two attached hydrogens (primary N) is 1. The van der Waals surface area contributed by atoms with Crippen molar-refractivity contribution < 1.29 is 4.79 Å². The van der Waals surface area contributed by atoms with Crippen molar-refractivity contribution >= 4 is 5.91 Å². The van der Waals surface area contributed by atoms with Crippen LogP contribution in [-0.2, 0) is 11.2 Å². The first-order valence-electron chi connectivity index (χ1n) is 6.99. The van der Waals surface area contributed by atoms with Gasteiger partial charge in [-0.2, -0.15) is 0 Å². The molecule has 106 valence electrons. The first kappa shape index (κ1) is 15.7. The Morgan fingerprint density at radius 1 is 1.26 bits per heavy atom. The zero-order valence-corrected chi connectivity index (χ0v) is 12.5. The van der Waals surface area contributed by atoms with Gasteiger partial charge in [0.15, 0.2) is 0 Å². The molecular weight excluding hydrogens is 236 g/mol. The number of hydrogen-bond acceptors (Lipinski definition) is 2. The Morgan fingerprint density at radius 2 is 1.95 bits per heavy atom. The fourth-order valence-electron chi connectivity index (χ4n) is 2.07. The second-order valence-electron chi connectivity index (χ2n) is 5.41. The molecule has 0 spiro atoms. The fourth-order valence-corrected chi connectivity index (χ4v) is 2.07. The van der Waals surface area contributed by atoms with Crippen molar-refractivity contribution in [1.29, 1.82) is 0 Å². The lowest BCUT2D eigenvalue weighted by Crippen LogP contribution is -2.27. The summed E-state index contributed by atoms with van der Waals surface area (Å²) in [7, 11) is 0. The van der Waals surface area contributed by atoms with E-state index in [4.69, 9.17) is 5.73 Å². The molecular formula is C16H26N2O. The number of hydrogen-bond donors (Lipinski definition) is 2. The van der Waals surface area contributed by atoms with Crippen molar-refractivity contribution in [3.8, 4) is 0 Å². The quantitative estimate of drug-likeness (QED) is 0.827. The minimum atomic E-state index is 0.0905. The number of amides is 1. The first-order valence-corrected chi connectivity index (χ1v) is 6.99. The van der Waals surface area contributed by atoms with Crippen LogP contribution in [0.15, 0.2) is 12.1 Å². The maximum Gasteiger partial charge on any atom is 0.220 e. The number of carbonyl (C=O) groups excluding carboxylic acids is 1. The first-order chi connectivity index (χ1) is 8.91. The lowest BCUT2D eigenvalue weighted by molar-refractivity contribution is -0.121. The predicted octanol–water partition coefficient (Wildman–Crippen LogP) is 2.40. The Morgan fingerprint density at radius 3 is 2.58 bits per heavy atom. The third-order valence-corrected chi connectivity index (χ3v) is 3.71. The molecule has 1 unspecified atom stereocenters. The molecule has 1 atom stereocenters. The van der Waals surface area contributed by atoms with Crippen molar-refractivity contribution in [3.63, 3.8) is 0 Å². The SMILES string of the molecule is Cc1ccc(CCNC(=O)CCC(C)N)c(C)c1C. The summed E-state index contributed by atoms with van der Waals surface area (Å²) in [6.07, 6.45) is 2.15. The number of rotatable bonds is 6. The highest BCUT2D eigenvalue weighted by Gasteiger charge is 2.06. The number of aryl methyl sites for hydroxylation is 1. The maximum atomic E-state index is 11.6. The average Bonchev–Trinajstić information content (AvgIpc) is 2.36. The van der Waals surface area contributed by atoms with Gasteiger partial charge in [0, 0.05) is 19.0 Å². The van der Waals surface area contributed by atoms with Crippen molar-refractivity contribution in [3.05, 3.63) is 34.4 Å². The summed E-state index contributed by atoms with van der Waals surface area (Å²) in [5.74, 6) is 0.0961. The normalized spacial score (nSPS) is 12.3. The maximum absolute atomic E-state index is 11.6. The molecule has 0 aliphatic heterocycles. The molecule has 3 nitrogen and oxygen atoms in total. The van der Waals surface area contributed by atoms with Crippen molar-refractivity contribution in [2.24, 2.45) is 5.73 Å². The van der Waals surface area contributed by atoms with E-state index in [0.717, 1.165) is 12.8 Å². The zero-order chi connectivity index (χ0) is 14.4. The standard InChI is InChI=1S/C16H26N2O/c1-11-5-7-15(14(4)13(11)3)9-10-18-16(19)8-6-12(2)17/h5,7,12H,6,8-10,17H2,1-4H3,(H,18,19). The molecule has 0 fully saturated rings. The molecule has 3 heteroatoms. The molecule has 0 saturated carbocycles. The molecule has 1 amide bonds. The van der Waals surface area contributed by atoms with Gasteiger partial charge < -0.3 is 11.1 Å². The minimum Gasteiger partial charge on any atom is -0.356 e. The Labute approximate surface area is 116 Å². The van der Waals surface area contributed by atoms with Gasteiger partial charge in [-0.25, -0.2) is 0 Å². The molecule has 0 heterocycles. The van der Waals surface area contributed by atoms with Gasteiger partial charge >= 0.3 is 0 Å². The number of benzene rings is 1. The molecule has 0 saturated heterocycles. The smallest absolute Gasteiger partial charge is 0.220 e. The number of nitrogens with one attached hydrogen (secondary N) is 1. The van der Waals surface area contributed by atoms with Crippen molar-refractivity contribution in [2.45, 2.75) is 53.0 Å². The molecule has 0 radical (unpaired) electrons. The average molecular weight is 262 g/mol. The largest absolute Gasteiger partial charge is 0.356 e. The summed E-state index contributed by atoms with van der Waals surface area (Å²) in [4.78, 5) is 11.6. The van der Waals surface area contributed by atoms with E-state index < -0.39 is 0 Å². The summed E-state index contributed by atoms with van der Waals surface area (Å²) in [5, 5.41) is 2.95. The van der Waals surface area contributed by atoms with Gasteiger partial charge in [0.05, 0.1) is 0 Å². The van der Waals surface area contributed by atoms with Gasteiger partial charge in [-0.1, -0.05) is 12.1 Å². The molecule has 1 aromatic rings. The van der Waals surface area contributed by atoms with Crippen LogP contribution in [0.4, 0.5) is 0 Å². The van der Waals surface area contributed by atoms with Crippen LogP contribution in [0, 0.1) is 20.8 Å². The highest BCUT2D eigenvalue weighted by molar-refractivity contribution is 5.75. The Balaban J connectivity index is 2.41. The molecule has 3 N–H and O–H groups in total. The summed E-state index contributed by atoms with van der Waals surface area (Å²) < 4.78 is 0. The van der Waals surface area contributed by atoms with E-state index in [1.807, 2.05) is 6.92 Å². The fraction of sp³-hybridized carbons (Fsp3) is 0.562. The van der Waals surface area contributed by atoms with Crippen molar-refractivity contribution in [1.82, 2.24) is 5.32 Å². The van der Waals surface area contributed by atoms with Crippen LogP contribution in [0.1, 0.15) is 42.0 Å². The Kier molecular flexibility index (Phi) is 6.03. The Hall–Kier alpha value is -1.35. The van der Waals surface area contributed by atoms with E-state index in [1.165, 1.54) is 22.3 Å². The van der Waals surface area contributed by atoms with Gasteiger partial charge in [-0.15, -0.1) is 0 Å². The van der Waals surface area contributed by atoms with E-state index in [2.05, 4.69) is 38.2 Å². The predicted molar refractivity (Wildman–Crippen MR) is 80.3 cm³/mol. The van der Waals surface area contributed by atoms with Gasteiger partial charge in [-0.05, 0) is 62.8 Å².